The molecule has 0 saturated carbocycles. The molecule has 1 aromatic carbocycles. The minimum Gasteiger partial charge on any atom is -0.481 e. The molecule has 0 radical (unpaired) electrons. The highest BCUT2D eigenvalue weighted by molar-refractivity contribution is 6.30. The third-order valence-corrected chi connectivity index (χ3v) is 6.91. The standard InChI is InChI=1S/C20H19ClF3N5O.C6H8O7/c21-15-4-1-13(2-5-15)3-6-18(30)28-9-7-14(8-10-28)16-11-17(20(22,23)24)29-19(27-16)25-12-26-29;7-3(8)1-6(13,5(11)12)2-4(9)10/h1-2,4-5,11-12,14H,3,6-10H2;13H,1-2H2,(H,7,8)(H,9,10)(H,11,12). The first-order valence-electron chi connectivity index (χ1n) is 12.8. The average Bonchev–Trinajstić information content (AvgIpc) is 3.40. The molecule has 3 aromatic rings. The predicted molar refractivity (Wildman–Crippen MR) is 141 cm³/mol. The van der Waals surface area contributed by atoms with Gasteiger partial charge in [-0.1, -0.05) is 23.7 Å². The molecule has 13 nitrogen and oxygen atoms in total. The van der Waals surface area contributed by atoms with Crippen molar-refractivity contribution in [1.29, 1.82) is 0 Å². The number of amides is 1. The van der Waals surface area contributed by atoms with Gasteiger partial charge in [-0.15, -0.1) is 0 Å². The van der Waals surface area contributed by atoms with E-state index in [4.69, 9.17) is 32.0 Å². The van der Waals surface area contributed by atoms with Crippen molar-refractivity contribution in [3.8, 4) is 0 Å². The van der Waals surface area contributed by atoms with Crippen LogP contribution < -0.4 is 0 Å². The molecule has 1 saturated heterocycles. The van der Waals surface area contributed by atoms with Crippen LogP contribution in [-0.2, 0) is 31.8 Å². The van der Waals surface area contributed by atoms with Crippen molar-refractivity contribution in [2.75, 3.05) is 13.1 Å². The maximum Gasteiger partial charge on any atom is 0.433 e. The number of carboxylic acid groups (broad SMARTS) is 3. The number of hydrogen-bond donors (Lipinski definition) is 4. The fraction of sp³-hybridized carbons (Fsp3) is 0.423. The van der Waals surface area contributed by atoms with Gasteiger partial charge in [0.25, 0.3) is 5.78 Å². The number of fused-ring (bicyclic) bond motifs is 1. The van der Waals surface area contributed by atoms with Crippen LogP contribution in [0, 0.1) is 0 Å². The summed E-state index contributed by atoms with van der Waals surface area (Å²) in [5.74, 6) is -5.20. The summed E-state index contributed by atoms with van der Waals surface area (Å²) >= 11 is 5.87. The second-order valence-electron chi connectivity index (χ2n) is 9.80. The molecule has 17 heteroatoms. The second kappa shape index (κ2) is 13.8. The van der Waals surface area contributed by atoms with Crippen LogP contribution in [0.2, 0.25) is 5.02 Å². The molecule has 43 heavy (non-hydrogen) atoms. The Labute approximate surface area is 246 Å². The number of benzene rings is 1. The Balaban J connectivity index is 0.000000331. The number of aryl methyl sites for hydroxylation is 1. The van der Waals surface area contributed by atoms with Gasteiger partial charge in [-0.25, -0.2) is 9.78 Å². The van der Waals surface area contributed by atoms with Gasteiger partial charge in [0, 0.05) is 36.1 Å². The number of nitrogens with zero attached hydrogens (tertiary/aromatic N) is 5. The van der Waals surface area contributed by atoms with Crippen LogP contribution in [0.4, 0.5) is 13.2 Å². The van der Waals surface area contributed by atoms with E-state index in [0.717, 1.165) is 18.0 Å². The Morgan fingerprint density at radius 2 is 1.56 bits per heavy atom. The zero-order chi connectivity index (χ0) is 31.9. The van der Waals surface area contributed by atoms with Crippen molar-refractivity contribution < 1.29 is 52.8 Å². The molecule has 1 aliphatic rings. The van der Waals surface area contributed by atoms with Crippen molar-refractivity contribution in [2.45, 2.75) is 56.2 Å². The number of aliphatic carboxylic acids is 3. The first-order valence-corrected chi connectivity index (χ1v) is 13.2. The zero-order valence-electron chi connectivity index (χ0n) is 22.4. The van der Waals surface area contributed by atoms with E-state index < -0.39 is 48.2 Å². The van der Waals surface area contributed by atoms with Crippen molar-refractivity contribution in [3.63, 3.8) is 0 Å². The predicted octanol–water partition coefficient (Wildman–Crippen LogP) is 2.89. The van der Waals surface area contributed by atoms with Gasteiger partial charge in [0.1, 0.15) is 6.33 Å². The van der Waals surface area contributed by atoms with Gasteiger partial charge >= 0.3 is 24.1 Å². The fourth-order valence-electron chi connectivity index (χ4n) is 4.44. The van der Waals surface area contributed by atoms with Gasteiger partial charge in [-0.05, 0) is 43.0 Å². The van der Waals surface area contributed by atoms with E-state index in [1.165, 1.54) is 0 Å². The number of aromatic nitrogens is 4. The summed E-state index contributed by atoms with van der Waals surface area (Å²) in [5.41, 5.74) is -2.25. The highest BCUT2D eigenvalue weighted by Crippen LogP contribution is 2.33. The fourth-order valence-corrected chi connectivity index (χ4v) is 4.57. The molecule has 0 aliphatic carbocycles. The van der Waals surface area contributed by atoms with Gasteiger partial charge in [-0.2, -0.15) is 27.8 Å². The van der Waals surface area contributed by atoms with Crippen LogP contribution in [0.25, 0.3) is 5.78 Å². The van der Waals surface area contributed by atoms with E-state index >= 15 is 0 Å². The first kappa shape index (κ1) is 33.2. The summed E-state index contributed by atoms with van der Waals surface area (Å²) in [6, 6.07) is 8.42. The molecule has 0 spiro atoms. The average molecular weight is 630 g/mol. The molecular weight excluding hydrogens is 603 g/mol. The largest absolute Gasteiger partial charge is 0.481 e. The van der Waals surface area contributed by atoms with Gasteiger partial charge in [0.2, 0.25) is 5.91 Å². The number of carbonyl (C=O) groups is 4. The second-order valence-corrected chi connectivity index (χ2v) is 10.2. The summed E-state index contributed by atoms with van der Waals surface area (Å²) in [7, 11) is 0. The smallest absolute Gasteiger partial charge is 0.433 e. The van der Waals surface area contributed by atoms with Crippen LogP contribution in [-0.4, -0.2) is 87.4 Å². The molecule has 1 aliphatic heterocycles. The lowest BCUT2D eigenvalue weighted by molar-refractivity contribution is -0.170. The maximum absolute atomic E-state index is 13.4. The minimum atomic E-state index is -4.55. The number of alkyl halides is 3. The highest BCUT2D eigenvalue weighted by Gasteiger charge is 2.41. The molecule has 0 atom stereocenters. The lowest BCUT2D eigenvalue weighted by Gasteiger charge is -2.32. The molecule has 3 heterocycles. The van der Waals surface area contributed by atoms with Gasteiger partial charge in [-0.3, -0.25) is 14.4 Å². The van der Waals surface area contributed by atoms with Crippen molar-refractivity contribution in [3.05, 3.63) is 58.6 Å². The number of halogens is 4. The Hall–Kier alpha value is -4.31. The lowest BCUT2D eigenvalue weighted by atomic mass is 9.92. The van der Waals surface area contributed by atoms with E-state index in [-0.39, 0.29) is 17.6 Å². The molecule has 2 aromatic heterocycles. The number of carbonyl (C=O) groups excluding carboxylic acids is 1. The number of piperidine rings is 1. The highest BCUT2D eigenvalue weighted by atomic mass is 35.5. The van der Waals surface area contributed by atoms with E-state index in [0.29, 0.717) is 54.0 Å². The number of hydrogen-bond acceptors (Lipinski definition) is 8. The third-order valence-electron chi connectivity index (χ3n) is 6.65. The summed E-state index contributed by atoms with van der Waals surface area (Å²) in [4.78, 5) is 52.9. The van der Waals surface area contributed by atoms with Crippen molar-refractivity contribution in [1.82, 2.24) is 24.5 Å². The van der Waals surface area contributed by atoms with Crippen LogP contribution in [0.1, 0.15) is 55.0 Å². The molecule has 4 rings (SSSR count). The summed E-state index contributed by atoms with van der Waals surface area (Å²) in [5, 5.41) is 38.1. The topological polar surface area (TPSA) is 196 Å². The quantitative estimate of drug-likeness (QED) is 0.272. The van der Waals surface area contributed by atoms with Crippen LogP contribution in [0.3, 0.4) is 0 Å². The molecule has 1 fully saturated rings. The molecule has 0 unspecified atom stereocenters. The normalized spacial score (nSPS) is 14.2. The summed E-state index contributed by atoms with van der Waals surface area (Å²) in [6.07, 6.45) is -3.67. The third kappa shape index (κ3) is 9.09. The van der Waals surface area contributed by atoms with Crippen LogP contribution in [0.15, 0.2) is 36.7 Å². The first-order chi connectivity index (χ1) is 20.1. The van der Waals surface area contributed by atoms with E-state index in [2.05, 4.69) is 15.1 Å². The van der Waals surface area contributed by atoms with E-state index in [1.54, 1.807) is 17.0 Å². The van der Waals surface area contributed by atoms with Gasteiger partial charge < -0.3 is 25.3 Å². The number of aliphatic hydroxyl groups is 1. The molecule has 1 amide bonds. The van der Waals surface area contributed by atoms with Crippen LogP contribution in [0.5, 0.6) is 0 Å². The summed E-state index contributed by atoms with van der Waals surface area (Å²) < 4.78 is 40.8. The molecular formula is C26H27ClF3N5O8. The SMILES string of the molecule is O=C(CCc1ccc(Cl)cc1)N1CCC(c2cc(C(F)(F)F)n3ncnc3n2)CC1.O=C(O)CC(O)(CC(=O)O)C(=O)O. The van der Waals surface area contributed by atoms with Crippen LogP contribution >= 0.6 is 11.6 Å². The zero-order valence-corrected chi connectivity index (χ0v) is 23.1. The van der Waals surface area contributed by atoms with Crippen molar-refractivity contribution >= 4 is 41.2 Å². The number of rotatable bonds is 9. The molecule has 0 bridgehead atoms. The lowest BCUT2D eigenvalue weighted by Crippen LogP contribution is -2.42. The monoisotopic (exact) mass is 629 g/mol. The Kier molecular flexibility index (Phi) is 10.6. The molecule has 232 valence electrons. The number of carboxylic acids is 3. The van der Waals surface area contributed by atoms with Crippen molar-refractivity contribution in [2.24, 2.45) is 0 Å². The maximum atomic E-state index is 13.4. The van der Waals surface area contributed by atoms with E-state index in [1.807, 2.05) is 12.1 Å². The Morgan fingerprint density at radius 3 is 2.07 bits per heavy atom. The van der Waals surface area contributed by atoms with E-state index in [9.17, 15) is 32.3 Å². The molecule has 4 N–H and O–H groups in total. The summed E-state index contributed by atoms with van der Waals surface area (Å²) in [6.45, 7) is 0.982. The minimum absolute atomic E-state index is 0.0419. The Morgan fingerprint density at radius 1 is 0.977 bits per heavy atom. The van der Waals surface area contributed by atoms with Gasteiger partial charge in [0.15, 0.2) is 11.3 Å². The Bertz CT molecular complexity index is 1460. The van der Waals surface area contributed by atoms with Gasteiger partial charge in [0.05, 0.1) is 12.8 Å². The number of likely N-dealkylation sites (tertiary alicyclic amines) is 1.